The van der Waals surface area contributed by atoms with Crippen molar-refractivity contribution in [2.24, 2.45) is 0 Å². The molecule has 0 bridgehead atoms. The van der Waals surface area contributed by atoms with E-state index in [0.29, 0.717) is 9.92 Å². The molecule has 0 amide bonds. The van der Waals surface area contributed by atoms with Gasteiger partial charge in [0.1, 0.15) is 6.17 Å². The van der Waals surface area contributed by atoms with Gasteiger partial charge in [0.2, 0.25) is 3.79 Å². The van der Waals surface area contributed by atoms with Gasteiger partial charge in [0.25, 0.3) is 5.69 Å². The zero-order chi connectivity index (χ0) is 20.3. The molecule has 11 heteroatoms. The molecule has 28 heavy (non-hydrogen) atoms. The highest BCUT2D eigenvalue weighted by molar-refractivity contribution is 8.76. The van der Waals surface area contributed by atoms with E-state index in [1.165, 1.54) is 33.7 Å². The van der Waals surface area contributed by atoms with E-state index in [9.17, 15) is 10.1 Å². The molecule has 5 nitrogen and oxygen atoms in total. The fraction of sp³-hybridized carbons (Fsp3) is 0.176. The van der Waals surface area contributed by atoms with E-state index < -0.39 is 8.72 Å². The van der Waals surface area contributed by atoms with Gasteiger partial charge in [-0.05, 0) is 30.5 Å². The Labute approximate surface area is 189 Å². The Morgan fingerprint density at radius 1 is 1.11 bits per heavy atom. The van der Waals surface area contributed by atoms with Gasteiger partial charge in [0.15, 0.2) is 0 Å². The lowest BCUT2D eigenvalue weighted by atomic mass is 10.1. The number of nitrogens with one attached hydrogen (secondary N) is 2. The van der Waals surface area contributed by atoms with Gasteiger partial charge in [0, 0.05) is 44.6 Å². The highest BCUT2D eigenvalue weighted by Gasteiger charge is 2.29. The topological polar surface area (TPSA) is 67.2 Å². The second-order valence-electron chi connectivity index (χ2n) is 5.69. The van der Waals surface area contributed by atoms with E-state index in [-0.39, 0.29) is 17.4 Å². The van der Waals surface area contributed by atoms with Crippen LogP contribution in [0.5, 0.6) is 0 Å². The van der Waals surface area contributed by atoms with E-state index in [1.54, 1.807) is 12.1 Å². The summed E-state index contributed by atoms with van der Waals surface area (Å²) in [6.45, 7) is 0.737. The number of alkyl halides is 3. The largest absolute Gasteiger partial charge is 0.372 e. The van der Waals surface area contributed by atoms with Crippen LogP contribution in [0.15, 0.2) is 58.5 Å². The van der Waals surface area contributed by atoms with Gasteiger partial charge in [-0.2, -0.15) is 0 Å². The van der Waals surface area contributed by atoms with Gasteiger partial charge >= 0.3 is 0 Å². The van der Waals surface area contributed by atoms with Gasteiger partial charge < -0.3 is 5.32 Å². The van der Waals surface area contributed by atoms with Crippen molar-refractivity contribution in [3.05, 3.63) is 74.9 Å². The first-order valence-electron chi connectivity index (χ1n) is 7.90. The molecule has 1 aliphatic rings. The van der Waals surface area contributed by atoms with Crippen molar-refractivity contribution < 1.29 is 4.92 Å². The molecule has 0 spiro atoms. The van der Waals surface area contributed by atoms with Crippen molar-refractivity contribution in [1.29, 1.82) is 0 Å². The predicted octanol–water partition coefficient (Wildman–Crippen LogP) is 6.58. The minimum atomic E-state index is -1.78. The van der Waals surface area contributed by atoms with Gasteiger partial charge in [-0.15, -0.1) is 0 Å². The molecule has 1 unspecified atom stereocenters. The third kappa shape index (κ3) is 5.42. The van der Waals surface area contributed by atoms with Crippen molar-refractivity contribution in [1.82, 2.24) is 10.6 Å². The third-order valence-electron chi connectivity index (χ3n) is 3.80. The molecule has 2 N–H and O–H groups in total. The molecule has 1 aliphatic heterocycles. The Morgan fingerprint density at radius 2 is 1.82 bits per heavy atom. The van der Waals surface area contributed by atoms with E-state index >= 15 is 0 Å². The van der Waals surface area contributed by atoms with Gasteiger partial charge in [0.05, 0.1) is 4.92 Å². The average Bonchev–Trinajstić information content (AvgIpc) is 2.66. The number of halogens is 4. The van der Waals surface area contributed by atoms with Crippen LogP contribution in [0.1, 0.15) is 17.3 Å². The monoisotopic (exact) mass is 495 g/mol. The second kappa shape index (κ2) is 9.34. The van der Waals surface area contributed by atoms with Gasteiger partial charge in [-0.25, -0.2) is 0 Å². The van der Waals surface area contributed by atoms with Crippen molar-refractivity contribution in [3.63, 3.8) is 0 Å². The normalized spacial score (nSPS) is 16.6. The molecule has 0 radical (unpaired) electrons. The van der Waals surface area contributed by atoms with Crippen LogP contribution in [0, 0.1) is 10.1 Å². The van der Waals surface area contributed by atoms with Crippen LogP contribution in [0.25, 0.3) is 0 Å². The van der Waals surface area contributed by atoms with Crippen LogP contribution < -0.4 is 10.6 Å². The first kappa shape index (κ1) is 21.9. The predicted molar refractivity (Wildman–Crippen MR) is 119 cm³/mol. The summed E-state index contributed by atoms with van der Waals surface area (Å²) in [5.41, 5.74) is 1.11. The van der Waals surface area contributed by atoms with Crippen molar-refractivity contribution >= 4 is 73.7 Å². The summed E-state index contributed by atoms with van der Waals surface area (Å²) in [6.07, 6.45) is 3.78. The molecule has 0 saturated carbocycles. The van der Waals surface area contributed by atoms with Crippen LogP contribution in [-0.4, -0.2) is 11.5 Å². The summed E-state index contributed by atoms with van der Waals surface area (Å²) in [4.78, 5) is 12.1. The Kier molecular flexibility index (Phi) is 7.31. The molecule has 2 aromatic carbocycles. The fourth-order valence-corrected chi connectivity index (χ4v) is 5.75. The lowest BCUT2D eigenvalue weighted by Crippen LogP contribution is -2.35. The lowest BCUT2D eigenvalue weighted by Gasteiger charge is -2.24. The van der Waals surface area contributed by atoms with E-state index in [1.807, 2.05) is 24.4 Å². The molecule has 0 aromatic heterocycles. The SMILES string of the molecule is O=[N+]([O-])c1ccc(SSc2ccc(Cl)cc2C2NC=CCN2)c(C(Cl)(Cl)Cl)c1. The standard InChI is InChI=1S/C17H13Cl4N3O2S2/c18-10-2-4-14(12(8-10)16-22-6-1-7-23-16)27-28-15-5-3-11(24(25)26)9-13(15)17(19,20)21/h1-6,8-9,16,22-23H,7H2. The molecular weight excluding hydrogens is 484 g/mol. The summed E-state index contributed by atoms with van der Waals surface area (Å²) >= 11 is 24.3. The Bertz CT molecular complexity index is 922. The van der Waals surface area contributed by atoms with Crippen LogP contribution in [-0.2, 0) is 3.79 Å². The number of hydrogen-bond acceptors (Lipinski definition) is 6. The molecule has 3 rings (SSSR count). The minimum absolute atomic E-state index is 0.0868. The highest BCUT2D eigenvalue weighted by Crippen LogP contribution is 2.49. The third-order valence-corrected chi connectivity index (χ3v) is 7.15. The molecule has 0 aliphatic carbocycles. The molecule has 0 fully saturated rings. The zero-order valence-corrected chi connectivity index (χ0v) is 18.7. The summed E-state index contributed by atoms with van der Waals surface area (Å²) in [6, 6.07) is 9.87. The molecule has 1 heterocycles. The Balaban J connectivity index is 1.88. The van der Waals surface area contributed by atoms with Gasteiger partial charge in [-0.3, -0.25) is 15.4 Å². The van der Waals surface area contributed by atoms with Crippen molar-refractivity contribution in [2.75, 3.05) is 6.54 Å². The molecule has 0 saturated heterocycles. The average molecular weight is 497 g/mol. The minimum Gasteiger partial charge on any atom is -0.372 e. The van der Waals surface area contributed by atoms with Crippen molar-refractivity contribution in [2.45, 2.75) is 19.7 Å². The van der Waals surface area contributed by atoms with E-state index in [0.717, 1.165) is 17.0 Å². The van der Waals surface area contributed by atoms with Crippen LogP contribution >= 0.6 is 68.0 Å². The molecule has 148 valence electrons. The number of nitrogens with zero attached hydrogens (tertiary/aromatic N) is 1. The summed E-state index contributed by atoms with van der Waals surface area (Å²) in [7, 11) is 2.81. The van der Waals surface area contributed by atoms with Crippen LogP contribution in [0.2, 0.25) is 5.02 Å². The number of hydrogen-bond donors (Lipinski definition) is 2. The number of non-ortho nitro benzene ring substituents is 1. The summed E-state index contributed by atoms with van der Waals surface area (Å²) in [5.74, 6) is 0. The summed E-state index contributed by atoms with van der Waals surface area (Å²) < 4.78 is -1.78. The van der Waals surface area contributed by atoms with E-state index in [4.69, 9.17) is 46.4 Å². The van der Waals surface area contributed by atoms with Gasteiger partial charge in [-0.1, -0.05) is 74.1 Å². The van der Waals surface area contributed by atoms with E-state index in [2.05, 4.69) is 10.6 Å². The van der Waals surface area contributed by atoms with Crippen molar-refractivity contribution in [3.8, 4) is 0 Å². The number of benzene rings is 2. The molecular formula is C17H13Cl4N3O2S2. The highest BCUT2D eigenvalue weighted by atomic mass is 35.6. The maximum Gasteiger partial charge on any atom is 0.269 e. The second-order valence-corrected chi connectivity index (χ2v) is 10.6. The first-order chi connectivity index (χ1) is 13.3. The molecule has 2 aromatic rings. The maximum absolute atomic E-state index is 11.1. The number of nitro benzene ring substituents is 1. The zero-order valence-electron chi connectivity index (χ0n) is 14.0. The lowest BCUT2D eigenvalue weighted by molar-refractivity contribution is -0.385. The molecule has 1 atom stereocenters. The smallest absolute Gasteiger partial charge is 0.269 e. The Morgan fingerprint density at radius 3 is 2.46 bits per heavy atom. The first-order valence-corrected chi connectivity index (χ1v) is 11.6. The number of nitro groups is 1. The van der Waals surface area contributed by atoms with Crippen LogP contribution in [0.3, 0.4) is 0 Å². The number of rotatable bonds is 5. The van der Waals surface area contributed by atoms with Crippen LogP contribution in [0.4, 0.5) is 5.69 Å². The quantitative estimate of drug-likeness (QED) is 0.211. The fourth-order valence-electron chi connectivity index (χ4n) is 2.50. The summed E-state index contributed by atoms with van der Waals surface area (Å²) in [5, 5.41) is 18.3. The maximum atomic E-state index is 11.1. The Hall–Kier alpha value is -0.800.